The number of alkyl halides is 4. The monoisotopic (exact) mass is 620 g/mol. The first-order valence-corrected chi connectivity index (χ1v) is 16.0. The van der Waals surface area contributed by atoms with Crippen LogP contribution in [0, 0.1) is 24.2 Å². The summed E-state index contributed by atoms with van der Waals surface area (Å²) in [5.74, 6) is -5.08. The number of fused-ring (bicyclic) bond motifs is 1. The van der Waals surface area contributed by atoms with Crippen molar-refractivity contribution < 1.29 is 22.4 Å². The highest BCUT2D eigenvalue weighted by Crippen LogP contribution is 2.58. The Hall–Kier alpha value is -3.75. The van der Waals surface area contributed by atoms with E-state index in [0.29, 0.717) is 35.1 Å². The minimum Gasteiger partial charge on any atom is -0.382 e. The quantitative estimate of drug-likeness (QED) is 0.127. The molecule has 6 rings (SSSR count). The molecule has 0 spiro atoms. The zero-order chi connectivity index (χ0) is 32.1. The fourth-order valence-corrected chi connectivity index (χ4v) is 6.81. The van der Waals surface area contributed by atoms with Gasteiger partial charge < -0.3 is 5.32 Å². The van der Waals surface area contributed by atoms with Crippen LogP contribution in [0.5, 0.6) is 0 Å². The number of nitrogens with zero attached hydrogens (tertiary/aromatic N) is 3. The Morgan fingerprint density at radius 1 is 1.07 bits per heavy atom. The summed E-state index contributed by atoms with van der Waals surface area (Å²) in [4.78, 5) is 18.2. The third-order valence-electron chi connectivity index (χ3n) is 10.1. The number of halogens is 4. The van der Waals surface area contributed by atoms with Crippen molar-refractivity contribution in [2.75, 3.05) is 11.9 Å². The first-order valence-electron chi connectivity index (χ1n) is 16.0. The molecule has 2 atom stereocenters. The van der Waals surface area contributed by atoms with Gasteiger partial charge in [0, 0.05) is 41.5 Å². The normalized spacial score (nSPS) is 20.3. The summed E-state index contributed by atoms with van der Waals surface area (Å²) < 4.78 is 61.6. The van der Waals surface area contributed by atoms with E-state index in [4.69, 9.17) is 0 Å². The van der Waals surface area contributed by atoms with E-state index in [-0.39, 0.29) is 41.1 Å². The third-order valence-corrected chi connectivity index (χ3v) is 10.1. The van der Waals surface area contributed by atoms with Gasteiger partial charge in [0.25, 0.3) is 0 Å². The van der Waals surface area contributed by atoms with Crippen LogP contribution in [0.4, 0.5) is 23.2 Å². The summed E-state index contributed by atoms with van der Waals surface area (Å²) in [6.45, 7) is 7.16. The molecule has 2 saturated carbocycles. The summed E-state index contributed by atoms with van der Waals surface area (Å²) in [7, 11) is 0. The molecule has 9 heteroatoms. The molecule has 2 fully saturated rings. The number of nitrogens with one attached hydrogen (secondary N) is 1. The van der Waals surface area contributed by atoms with E-state index in [1.165, 1.54) is 42.5 Å². The van der Waals surface area contributed by atoms with Crippen molar-refractivity contribution in [1.29, 1.82) is 0 Å². The minimum atomic E-state index is -3.47. The number of aryl methyl sites for hydroxylation is 2. The molecule has 0 saturated heterocycles. The third kappa shape index (κ3) is 5.74. The van der Waals surface area contributed by atoms with Gasteiger partial charge in [0.2, 0.25) is 5.92 Å². The highest BCUT2D eigenvalue weighted by Gasteiger charge is 2.54. The lowest BCUT2D eigenvalue weighted by Gasteiger charge is -2.46. The molecule has 0 bridgehead atoms. The molecule has 1 N–H and O–H groups in total. The van der Waals surface area contributed by atoms with Gasteiger partial charge in [-0.3, -0.25) is 4.79 Å². The van der Waals surface area contributed by atoms with Crippen LogP contribution in [-0.4, -0.2) is 32.8 Å². The van der Waals surface area contributed by atoms with Gasteiger partial charge in [-0.25, -0.2) is 18.3 Å². The summed E-state index contributed by atoms with van der Waals surface area (Å²) in [6.07, 6.45) is 5.77. The first kappa shape index (κ1) is 31.2. The van der Waals surface area contributed by atoms with E-state index in [9.17, 15) is 13.6 Å². The Kier molecular flexibility index (Phi) is 8.02. The molecule has 2 aromatic carbocycles. The Morgan fingerprint density at radius 3 is 2.49 bits per heavy atom. The molecule has 4 aromatic rings. The van der Waals surface area contributed by atoms with Crippen LogP contribution >= 0.6 is 0 Å². The number of anilines is 1. The summed E-state index contributed by atoms with van der Waals surface area (Å²) >= 11 is 0. The van der Waals surface area contributed by atoms with Gasteiger partial charge in [-0.1, -0.05) is 51.1 Å². The first-order chi connectivity index (χ1) is 21.4. The average molecular weight is 621 g/mol. The highest BCUT2D eigenvalue weighted by atomic mass is 19.3. The second-order valence-electron chi connectivity index (χ2n) is 13.1. The molecule has 238 valence electrons. The van der Waals surface area contributed by atoms with E-state index >= 15 is 8.78 Å². The van der Waals surface area contributed by atoms with Crippen LogP contribution in [0.15, 0.2) is 54.7 Å². The summed E-state index contributed by atoms with van der Waals surface area (Å²) in [5.41, 5.74) is 2.73. The predicted octanol–water partition coefficient (Wildman–Crippen LogP) is 9.26. The maximum Gasteiger partial charge on any atom is 0.316 e. The zero-order valence-electron chi connectivity index (χ0n) is 26.3. The number of ketones is 1. The molecule has 2 aliphatic rings. The van der Waals surface area contributed by atoms with Crippen LogP contribution in [0.3, 0.4) is 0 Å². The van der Waals surface area contributed by atoms with E-state index in [2.05, 4.69) is 22.3 Å². The largest absolute Gasteiger partial charge is 0.382 e. The Morgan fingerprint density at radius 2 is 1.84 bits per heavy atom. The predicted molar refractivity (Wildman–Crippen MR) is 168 cm³/mol. The van der Waals surface area contributed by atoms with Crippen molar-refractivity contribution in [3.05, 3.63) is 82.7 Å². The zero-order valence-corrected chi connectivity index (χ0v) is 26.3. The van der Waals surface area contributed by atoms with Crippen molar-refractivity contribution in [2.24, 2.45) is 17.3 Å². The topological polar surface area (TPSA) is 59.3 Å². The molecule has 2 aliphatic carbocycles. The highest BCUT2D eigenvalue weighted by molar-refractivity contribution is 6.02. The van der Waals surface area contributed by atoms with Gasteiger partial charge in [-0.15, -0.1) is 0 Å². The van der Waals surface area contributed by atoms with Crippen LogP contribution in [0.1, 0.15) is 92.0 Å². The number of carbonyl (C=O) groups excluding carboxylic acids is 1. The number of hydrogen-bond donors (Lipinski definition) is 1. The van der Waals surface area contributed by atoms with Gasteiger partial charge in [-0.05, 0) is 80.2 Å². The van der Waals surface area contributed by atoms with E-state index in [1.807, 2.05) is 32.0 Å². The van der Waals surface area contributed by atoms with Crippen molar-refractivity contribution in [3.8, 4) is 11.3 Å². The second-order valence-corrected chi connectivity index (χ2v) is 13.1. The SMILES string of the molecule is CCc1cccc(C(F)(F)c2cc(NCCC(F)(F)CC)c3ncc(-c4ccc(C(=O)C5(C)CCC5C5CC5)c(C)c4)n3n2)c1. The fraction of sp³-hybridized carbons (Fsp3) is 0.472. The Balaban J connectivity index is 1.39. The Bertz CT molecular complexity index is 1740. The van der Waals surface area contributed by atoms with E-state index < -0.39 is 24.0 Å². The van der Waals surface area contributed by atoms with Gasteiger partial charge in [0.15, 0.2) is 11.4 Å². The molecule has 0 radical (unpaired) electrons. The number of imidazole rings is 1. The van der Waals surface area contributed by atoms with Crippen LogP contribution < -0.4 is 5.32 Å². The van der Waals surface area contributed by atoms with E-state index in [1.54, 1.807) is 18.3 Å². The lowest BCUT2D eigenvalue weighted by Crippen LogP contribution is -2.45. The van der Waals surface area contributed by atoms with Crippen molar-refractivity contribution >= 4 is 17.1 Å². The van der Waals surface area contributed by atoms with Crippen LogP contribution in [0.25, 0.3) is 16.9 Å². The summed E-state index contributed by atoms with van der Waals surface area (Å²) in [5, 5.41) is 7.31. The number of aromatic nitrogens is 3. The fourth-order valence-electron chi connectivity index (χ4n) is 6.81. The van der Waals surface area contributed by atoms with Crippen LogP contribution in [0.2, 0.25) is 0 Å². The van der Waals surface area contributed by atoms with Gasteiger partial charge in [-0.2, -0.15) is 13.9 Å². The smallest absolute Gasteiger partial charge is 0.316 e. The van der Waals surface area contributed by atoms with Crippen molar-refractivity contribution in [3.63, 3.8) is 0 Å². The number of rotatable bonds is 12. The molecule has 5 nitrogen and oxygen atoms in total. The van der Waals surface area contributed by atoms with Crippen LogP contribution in [-0.2, 0) is 12.3 Å². The maximum atomic E-state index is 16.1. The van der Waals surface area contributed by atoms with E-state index in [0.717, 1.165) is 24.0 Å². The van der Waals surface area contributed by atoms with Crippen molar-refractivity contribution in [2.45, 2.75) is 84.5 Å². The maximum absolute atomic E-state index is 16.1. The molecule has 45 heavy (non-hydrogen) atoms. The molecule has 0 aliphatic heterocycles. The molecular formula is C36H40F4N4O. The number of carbonyl (C=O) groups is 1. The van der Waals surface area contributed by atoms with Gasteiger partial charge >= 0.3 is 5.92 Å². The van der Waals surface area contributed by atoms with Gasteiger partial charge in [0.05, 0.1) is 17.6 Å². The number of Topliss-reactive ketones (excluding diaryl/α,β-unsaturated/α-hetero) is 1. The van der Waals surface area contributed by atoms with Crippen molar-refractivity contribution in [1.82, 2.24) is 14.6 Å². The lowest BCUT2D eigenvalue weighted by atomic mass is 9.56. The molecular weight excluding hydrogens is 580 g/mol. The summed E-state index contributed by atoms with van der Waals surface area (Å²) in [6, 6.07) is 12.9. The standard InChI is InChI=1S/C36H40F4N4O/c1-5-23-8-7-9-26(19-23)36(39,40)31-20-29(41-17-16-35(37,38)6-2)33-42-21-30(44(33)43-31)25-12-13-27(22(3)18-25)32(45)34(4)15-14-28(34)24-10-11-24/h7-9,12-13,18-21,24,28,41H,5-6,10-11,14-17H2,1-4H3. The lowest BCUT2D eigenvalue weighted by molar-refractivity contribution is -0.00783. The number of hydrogen-bond acceptors (Lipinski definition) is 4. The molecule has 2 unspecified atom stereocenters. The minimum absolute atomic E-state index is 0.129. The molecule has 2 heterocycles. The number of benzene rings is 2. The average Bonchev–Trinajstić information content (AvgIpc) is 3.75. The molecule has 2 aromatic heterocycles. The Labute approximate surface area is 261 Å². The van der Waals surface area contributed by atoms with Gasteiger partial charge in [0.1, 0.15) is 5.69 Å². The molecule has 0 amide bonds. The second kappa shape index (κ2) is 11.6.